The van der Waals surface area contributed by atoms with Gasteiger partial charge in [-0.15, -0.1) is 11.3 Å². The fourth-order valence-electron chi connectivity index (χ4n) is 3.45. The third-order valence-corrected chi connectivity index (χ3v) is 7.77. The number of aliphatic carboxylic acids is 1. The molecule has 13 nitrogen and oxygen atoms in total. The predicted octanol–water partition coefficient (Wildman–Crippen LogP) is 2.00. The highest BCUT2D eigenvalue weighted by molar-refractivity contribution is 7.92. The molecule has 1 aromatic carbocycles. The van der Waals surface area contributed by atoms with E-state index in [0.717, 1.165) is 22.6 Å². The number of sulfonamides is 1. The summed E-state index contributed by atoms with van der Waals surface area (Å²) in [5.74, 6) is -1.36. The summed E-state index contributed by atoms with van der Waals surface area (Å²) in [6.07, 6.45) is 0.406. The Labute approximate surface area is 223 Å². The van der Waals surface area contributed by atoms with Crippen molar-refractivity contribution < 1.29 is 27.6 Å². The first kappa shape index (κ1) is 28.5. The van der Waals surface area contributed by atoms with Gasteiger partial charge in [-0.05, 0) is 62.4 Å². The van der Waals surface area contributed by atoms with Crippen molar-refractivity contribution in [2.24, 2.45) is 16.5 Å². The number of amides is 1. The van der Waals surface area contributed by atoms with Crippen molar-refractivity contribution in [1.82, 2.24) is 10.5 Å². The standard InChI is InChI=1S/C23H29N7O6S2/c1-13-17(14(2)36-29-13)12-27-15-5-7-16(8-6-15)38(34,35)30-18-9-11-37-20(18)21(31)28-19(22(32)33)4-3-10-26-23(24)25/h5-9,11,19,27,30H,3-4,10,12H2,1-2H3,(H,28,31)(H,32,33)(H4,24,25,26)/t19-/m0/s1. The largest absolute Gasteiger partial charge is 0.480 e. The lowest BCUT2D eigenvalue weighted by Gasteiger charge is -2.15. The van der Waals surface area contributed by atoms with Crippen molar-refractivity contribution in [3.8, 4) is 0 Å². The number of guanidine groups is 1. The average molecular weight is 564 g/mol. The molecule has 8 N–H and O–H groups in total. The lowest BCUT2D eigenvalue weighted by atomic mass is 10.1. The summed E-state index contributed by atoms with van der Waals surface area (Å²) in [6.45, 7) is 4.32. The van der Waals surface area contributed by atoms with Crippen molar-refractivity contribution in [3.63, 3.8) is 0 Å². The number of nitrogens with two attached hydrogens (primary N) is 2. The number of nitrogens with zero attached hydrogens (tertiary/aromatic N) is 2. The van der Waals surface area contributed by atoms with Crippen molar-refractivity contribution >= 4 is 50.6 Å². The van der Waals surface area contributed by atoms with Crippen molar-refractivity contribution in [1.29, 1.82) is 0 Å². The number of benzene rings is 1. The zero-order valence-corrected chi connectivity index (χ0v) is 22.4. The SMILES string of the molecule is Cc1noc(C)c1CNc1ccc(S(=O)(=O)Nc2ccsc2C(=O)N[C@@H](CCCN=C(N)N)C(=O)O)cc1. The van der Waals surface area contributed by atoms with Gasteiger partial charge in [-0.3, -0.25) is 14.5 Å². The van der Waals surface area contributed by atoms with E-state index in [-0.39, 0.29) is 34.4 Å². The molecule has 15 heteroatoms. The van der Waals surface area contributed by atoms with Crippen molar-refractivity contribution in [3.05, 3.63) is 57.6 Å². The van der Waals surface area contributed by atoms with Crippen LogP contribution in [0.1, 0.15) is 39.5 Å². The highest BCUT2D eigenvalue weighted by Gasteiger charge is 2.24. The number of rotatable bonds is 13. The number of carbonyl (C=O) groups excluding carboxylic acids is 1. The van der Waals surface area contributed by atoms with Gasteiger partial charge >= 0.3 is 5.97 Å². The molecule has 1 amide bonds. The molecule has 0 aliphatic rings. The maximum absolute atomic E-state index is 13.0. The topological polar surface area (TPSA) is 215 Å². The van der Waals surface area contributed by atoms with Crippen LogP contribution in [0.25, 0.3) is 0 Å². The molecule has 204 valence electrons. The molecule has 3 aromatic rings. The van der Waals surface area contributed by atoms with E-state index in [2.05, 4.69) is 25.5 Å². The number of anilines is 2. The van der Waals surface area contributed by atoms with Crippen LogP contribution in [0, 0.1) is 13.8 Å². The van der Waals surface area contributed by atoms with E-state index in [1.54, 1.807) is 12.1 Å². The molecule has 0 aliphatic heterocycles. The van der Waals surface area contributed by atoms with Crippen molar-refractivity contribution in [2.45, 2.75) is 44.2 Å². The lowest BCUT2D eigenvalue weighted by molar-refractivity contribution is -0.139. The molecule has 0 bridgehead atoms. The van der Waals surface area contributed by atoms with E-state index < -0.39 is 27.9 Å². The summed E-state index contributed by atoms with van der Waals surface area (Å²) in [6, 6.07) is 6.34. The van der Waals surface area contributed by atoms with E-state index in [1.807, 2.05) is 13.8 Å². The zero-order chi connectivity index (χ0) is 27.9. The first-order chi connectivity index (χ1) is 18.0. The first-order valence-electron chi connectivity index (χ1n) is 11.4. The molecule has 38 heavy (non-hydrogen) atoms. The first-order valence-corrected chi connectivity index (χ1v) is 13.8. The number of aliphatic imine (C=N–C) groups is 1. The van der Waals surface area contributed by atoms with Gasteiger partial charge in [-0.1, -0.05) is 5.16 Å². The fraction of sp³-hybridized carbons (Fsp3) is 0.304. The third-order valence-electron chi connectivity index (χ3n) is 5.48. The van der Waals surface area contributed by atoms with Crippen LogP contribution in [0.5, 0.6) is 0 Å². The second kappa shape index (κ2) is 12.4. The third kappa shape index (κ3) is 7.45. The number of nitrogens with one attached hydrogen (secondary N) is 3. The Balaban J connectivity index is 1.64. The molecule has 0 unspecified atom stereocenters. The van der Waals surface area contributed by atoms with Gasteiger partial charge in [0, 0.05) is 24.3 Å². The number of thiophene rings is 1. The Morgan fingerprint density at radius 1 is 1.18 bits per heavy atom. The Hall–Kier alpha value is -4.11. The number of carboxylic acid groups (broad SMARTS) is 1. The van der Waals surface area contributed by atoms with Gasteiger partial charge in [0.2, 0.25) is 0 Å². The summed E-state index contributed by atoms with van der Waals surface area (Å²) >= 11 is 0.980. The van der Waals surface area contributed by atoms with Crippen LogP contribution in [0.2, 0.25) is 0 Å². The Kier molecular flexibility index (Phi) is 9.30. The highest BCUT2D eigenvalue weighted by atomic mass is 32.2. The van der Waals surface area contributed by atoms with Crippen LogP contribution in [0.3, 0.4) is 0 Å². The molecule has 2 aromatic heterocycles. The number of hydrogen-bond acceptors (Lipinski definition) is 9. The minimum Gasteiger partial charge on any atom is -0.480 e. The average Bonchev–Trinajstić information content (AvgIpc) is 3.44. The highest BCUT2D eigenvalue weighted by Crippen LogP contribution is 2.26. The number of hydrogen-bond donors (Lipinski definition) is 6. The number of aromatic nitrogens is 1. The van der Waals surface area contributed by atoms with Crippen LogP contribution in [-0.2, 0) is 21.4 Å². The summed E-state index contributed by atoms with van der Waals surface area (Å²) in [4.78, 5) is 28.2. The molecule has 1 atom stereocenters. The quantitative estimate of drug-likeness (QED) is 0.101. The smallest absolute Gasteiger partial charge is 0.326 e. The molecule has 2 heterocycles. The molecule has 0 aliphatic carbocycles. The van der Waals surface area contributed by atoms with Crippen LogP contribution in [0.15, 0.2) is 50.1 Å². The van der Waals surface area contributed by atoms with Gasteiger partial charge in [0.15, 0.2) is 5.96 Å². The second-order valence-corrected chi connectivity index (χ2v) is 10.9. The van der Waals surface area contributed by atoms with E-state index >= 15 is 0 Å². The summed E-state index contributed by atoms with van der Waals surface area (Å²) in [7, 11) is -4.03. The van der Waals surface area contributed by atoms with E-state index in [1.165, 1.54) is 23.6 Å². The summed E-state index contributed by atoms with van der Waals surface area (Å²) in [5.41, 5.74) is 12.9. The molecule has 0 spiro atoms. The Bertz CT molecular complexity index is 1390. The number of aryl methyl sites for hydroxylation is 2. The molecule has 0 saturated carbocycles. The van der Waals surface area contributed by atoms with Crippen LogP contribution < -0.4 is 26.8 Å². The monoisotopic (exact) mass is 563 g/mol. The predicted molar refractivity (Wildman–Crippen MR) is 144 cm³/mol. The van der Waals surface area contributed by atoms with Crippen molar-refractivity contribution in [2.75, 3.05) is 16.6 Å². The number of carboxylic acids is 1. The minimum atomic E-state index is -4.03. The second-order valence-electron chi connectivity index (χ2n) is 8.26. The zero-order valence-electron chi connectivity index (χ0n) is 20.7. The molecule has 0 fully saturated rings. The Morgan fingerprint density at radius 2 is 1.89 bits per heavy atom. The normalized spacial score (nSPS) is 11.9. The van der Waals surface area contributed by atoms with Crippen LogP contribution in [-0.4, -0.2) is 49.1 Å². The van der Waals surface area contributed by atoms with E-state index in [4.69, 9.17) is 16.0 Å². The van der Waals surface area contributed by atoms with Gasteiger partial charge < -0.3 is 31.7 Å². The van der Waals surface area contributed by atoms with E-state index in [0.29, 0.717) is 24.4 Å². The lowest BCUT2D eigenvalue weighted by Crippen LogP contribution is -2.40. The van der Waals surface area contributed by atoms with Crippen LogP contribution in [0.4, 0.5) is 11.4 Å². The van der Waals surface area contributed by atoms with Gasteiger partial charge in [-0.2, -0.15) is 0 Å². The van der Waals surface area contributed by atoms with Crippen LogP contribution >= 0.6 is 11.3 Å². The maximum Gasteiger partial charge on any atom is 0.326 e. The summed E-state index contributed by atoms with van der Waals surface area (Å²) < 4.78 is 33.5. The molecule has 0 radical (unpaired) electrons. The molecule has 3 rings (SSSR count). The molecule has 0 saturated heterocycles. The van der Waals surface area contributed by atoms with Gasteiger partial charge in [-0.25, -0.2) is 13.2 Å². The van der Waals surface area contributed by atoms with Gasteiger partial charge in [0.05, 0.1) is 16.3 Å². The summed E-state index contributed by atoms with van der Waals surface area (Å²) in [5, 5.41) is 20.5. The van der Waals surface area contributed by atoms with Gasteiger partial charge in [0.25, 0.3) is 15.9 Å². The van der Waals surface area contributed by atoms with E-state index in [9.17, 15) is 23.1 Å². The molecular weight excluding hydrogens is 534 g/mol. The maximum atomic E-state index is 13.0. The fourth-order valence-corrected chi connectivity index (χ4v) is 5.34. The molecular formula is C23H29N7O6S2. The minimum absolute atomic E-state index is 0.0129. The number of carbonyl (C=O) groups is 2. The van der Waals surface area contributed by atoms with Gasteiger partial charge in [0.1, 0.15) is 16.7 Å². The Morgan fingerprint density at radius 3 is 2.50 bits per heavy atom.